The molecule has 6 aromatic rings. The van der Waals surface area contributed by atoms with Crippen LogP contribution in [0, 0.1) is 0 Å². The molecule has 16 nitrogen and oxygen atoms in total. The third kappa shape index (κ3) is 12.8. The summed E-state index contributed by atoms with van der Waals surface area (Å²) in [5.74, 6) is -2.89. The summed E-state index contributed by atoms with van der Waals surface area (Å²) in [6, 6.07) is 27.7. The number of nitrogens with zero attached hydrogens (tertiary/aromatic N) is 1. The monoisotopic (exact) mass is 841 g/mol. The smallest absolute Gasteiger partial charge is 0.245 e. The third-order valence-electron chi connectivity index (χ3n) is 10.1. The zero-order valence-electron chi connectivity index (χ0n) is 34.2. The third-order valence-corrected chi connectivity index (χ3v) is 10.1. The number of amides is 5. The number of hydrogen-bond acceptors (Lipinski definition) is 9. The summed E-state index contributed by atoms with van der Waals surface area (Å²) in [6.45, 7) is 1.60. The molecule has 0 unspecified atom stereocenters. The number of aromatic amines is 2. The van der Waals surface area contributed by atoms with Gasteiger partial charge in [-0.25, -0.2) is 4.98 Å². The molecule has 2 heterocycles. The first kappa shape index (κ1) is 44.3. The van der Waals surface area contributed by atoms with Gasteiger partial charge in [0, 0.05) is 48.3 Å². The molecule has 2 aromatic heterocycles. The number of primary amides is 1. The molecule has 0 radical (unpaired) electrons. The van der Waals surface area contributed by atoms with Crippen LogP contribution in [-0.4, -0.2) is 81.3 Å². The van der Waals surface area contributed by atoms with E-state index in [0.717, 1.165) is 27.6 Å². The van der Waals surface area contributed by atoms with Crippen LogP contribution in [-0.2, 0) is 61.2 Å². The highest BCUT2D eigenvalue weighted by atomic mass is 16.5. The number of fused-ring (bicyclic) bond motifs is 1. The van der Waals surface area contributed by atoms with E-state index >= 15 is 0 Å². The first-order chi connectivity index (χ1) is 30.0. The number of imidazole rings is 1. The lowest BCUT2D eigenvalue weighted by atomic mass is 10.0. The minimum absolute atomic E-state index is 0.0170. The zero-order chi connectivity index (χ0) is 43.8. The van der Waals surface area contributed by atoms with E-state index < -0.39 is 59.7 Å². The van der Waals surface area contributed by atoms with Crippen molar-refractivity contribution >= 4 is 40.4 Å². The maximum atomic E-state index is 14.4. The zero-order valence-corrected chi connectivity index (χ0v) is 34.2. The Balaban J connectivity index is 1.23. The molecule has 0 bridgehead atoms. The van der Waals surface area contributed by atoms with Crippen LogP contribution < -0.4 is 37.5 Å². The first-order valence-electron chi connectivity index (χ1n) is 20.2. The molecule has 62 heavy (non-hydrogen) atoms. The van der Waals surface area contributed by atoms with Crippen LogP contribution in [0.5, 0.6) is 5.75 Å². The van der Waals surface area contributed by atoms with Gasteiger partial charge in [-0.05, 0) is 47.4 Å². The minimum atomic E-state index is -1.36. The van der Waals surface area contributed by atoms with Gasteiger partial charge < -0.3 is 52.2 Å². The molecule has 0 aliphatic heterocycles. The Hall–Kier alpha value is -7.30. The molecule has 0 fully saturated rings. The number of H-pyrrole nitrogens is 2. The Kier molecular flexibility index (Phi) is 15.6. The number of nitrogens with one attached hydrogen (secondary N) is 6. The number of aromatic nitrogens is 3. The van der Waals surface area contributed by atoms with Crippen molar-refractivity contribution in [1.29, 1.82) is 0 Å². The van der Waals surface area contributed by atoms with Gasteiger partial charge in [0.2, 0.25) is 29.5 Å². The predicted molar refractivity (Wildman–Crippen MR) is 232 cm³/mol. The molecule has 4 aromatic carbocycles. The lowest BCUT2D eigenvalue weighted by Crippen LogP contribution is -2.60. The van der Waals surface area contributed by atoms with Gasteiger partial charge in [0.05, 0.1) is 25.6 Å². The van der Waals surface area contributed by atoms with Crippen LogP contribution in [0.1, 0.15) is 34.9 Å². The summed E-state index contributed by atoms with van der Waals surface area (Å²) in [4.78, 5) is 77.9. The van der Waals surface area contributed by atoms with E-state index in [1.807, 2.05) is 84.9 Å². The Morgan fingerprint density at radius 2 is 1.24 bits per heavy atom. The highest BCUT2D eigenvalue weighted by molar-refractivity contribution is 5.96. The van der Waals surface area contributed by atoms with Crippen LogP contribution in [0.15, 0.2) is 128 Å². The Bertz CT molecular complexity index is 2390. The second-order valence-electron chi connectivity index (χ2n) is 14.9. The van der Waals surface area contributed by atoms with Gasteiger partial charge in [0.1, 0.15) is 36.5 Å². The van der Waals surface area contributed by atoms with Crippen molar-refractivity contribution < 1.29 is 33.4 Å². The molecule has 0 spiro atoms. The summed E-state index contributed by atoms with van der Waals surface area (Å²) >= 11 is 0. The molecule has 10 N–H and O–H groups in total. The Morgan fingerprint density at radius 1 is 0.645 bits per heavy atom. The van der Waals surface area contributed by atoms with Crippen molar-refractivity contribution in [2.24, 2.45) is 11.5 Å². The van der Waals surface area contributed by atoms with E-state index in [2.05, 4.69) is 36.2 Å². The molecule has 5 atom stereocenters. The summed E-state index contributed by atoms with van der Waals surface area (Å²) < 4.78 is 11.9. The van der Waals surface area contributed by atoms with E-state index in [-0.39, 0.29) is 32.5 Å². The van der Waals surface area contributed by atoms with E-state index in [1.165, 1.54) is 13.3 Å². The number of para-hydroxylation sites is 1. The van der Waals surface area contributed by atoms with Crippen molar-refractivity contribution in [3.63, 3.8) is 0 Å². The first-order valence-corrected chi connectivity index (χ1v) is 20.2. The highest BCUT2D eigenvalue weighted by Gasteiger charge is 2.32. The maximum Gasteiger partial charge on any atom is 0.245 e. The number of benzene rings is 4. The van der Waals surface area contributed by atoms with Gasteiger partial charge in [0.25, 0.3) is 0 Å². The van der Waals surface area contributed by atoms with Gasteiger partial charge in [-0.3, -0.25) is 24.0 Å². The van der Waals surface area contributed by atoms with Gasteiger partial charge in [0.15, 0.2) is 0 Å². The van der Waals surface area contributed by atoms with Crippen molar-refractivity contribution in [1.82, 2.24) is 36.2 Å². The molecule has 322 valence electrons. The molecule has 0 saturated heterocycles. The average Bonchev–Trinajstić information content (AvgIpc) is 3.96. The van der Waals surface area contributed by atoms with Crippen LogP contribution in [0.2, 0.25) is 0 Å². The van der Waals surface area contributed by atoms with Crippen LogP contribution in [0.4, 0.5) is 0 Å². The molecule has 6 rings (SSSR count). The van der Waals surface area contributed by atoms with Crippen molar-refractivity contribution in [3.8, 4) is 5.75 Å². The molecular weight excluding hydrogens is 791 g/mol. The minimum Gasteiger partial charge on any atom is -0.489 e. The Morgan fingerprint density at radius 3 is 1.92 bits per heavy atom. The SMILES string of the molecule is C[C@@H](NC(=O)[C@H](Cc1c[nH]c2ccccc12)NC(=O)[C@H](COCc1ccccc1)NC(=O)[C@H](Cc1ccc(OCc2ccccc2)cc1)NC(=O)[C@@H](N)Cc1cnc[nH]1)C(N)=O. The lowest BCUT2D eigenvalue weighted by molar-refractivity contribution is -0.135. The number of ether oxygens (including phenoxy) is 2. The lowest BCUT2D eigenvalue weighted by Gasteiger charge is -2.26. The molecule has 0 aliphatic carbocycles. The highest BCUT2D eigenvalue weighted by Crippen LogP contribution is 2.20. The quantitative estimate of drug-likeness (QED) is 0.0500. The molecule has 0 aliphatic rings. The summed E-state index contributed by atoms with van der Waals surface area (Å²) in [6.07, 6.45) is 4.93. The van der Waals surface area contributed by atoms with Gasteiger partial charge in [-0.2, -0.15) is 0 Å². The summed E-state index contributed by atoms with van der Waals surface area (Å²) in [7, 11) is 0. The second kappa shape index (κ2) is 21.8. The predicted octanol–water partition coefficient (Wildman–Crippen LogP) is 2.49. The summed E-state index contributed by atoms with van der Waals surface area (Å²) in [5.41, 5.74) is 16.4. The fourth-order valence-electron chi connectivity index (χ4n) is 6.62. The van der Waals surface area contributed by atoms with Crippen LogP contribution >= 0.6 is 0 Å². The molecule has 0 saturated carbocycles. The number of carbonyl (C=O) groups excluding carboxylic acids is 5. The van der Waals surface area contributed by atoms with Crippen molar-refractivity contribution in [2.45, 2.75) is 69.6 Å². The maximum absolute atomic E-state index is 14.4. The molecule has 16 heteroatoms. The second-order valence-corrected chi connectivity index (χ2v) is 14.9. The molecular formula is C46H51N9O7. The number of carbonyl (C=O) groups is 5. The van der Waals surface area contributed by atoms with Gasteiger partial charge in [-0.1, -0.05) is 91.0 Å². The van der Waals surface area contributed by atoms with Gasteiger partial charge in [-0.15, -0.1) is 0 Å². The van der Waals surface area contributed by atoms with E-state index in [1.54, 1.807) is 36.7 Å². The number of nitrogens with two attached hydrogens (primary N) is 2. The van der Waals surface area contributed by atoms with E-state index in [4.69, 9.17) is 20.9 Å². The fourth-order valence-corrected chi connectivity index (χ4v) is 6.62. The average molecular weight is 842 g/mol. The van der Waals surface area contributed by atoms with Crippen molar-refractivity contribution in [3.05, 3.63) is 156 Å². The summed E-state index contributed by atoms with van der Waals surface area (Å²) in [5, 5.41) is 11.7. The Labute approximate surface area is 358 Å². The fraction of sp³-hybridized carbons (Fsp3) is 0.261. The molecule has 5 amide bonds. The number of rotatable bonds is 22. The van der Waals surface area contributed by atoms with Crippen LogP contribution in [0.25, 0.3) is 10.9 Å². The standard InChI is InChI=1S/C46H51N9O7/c1-29(42(48)56)52-44(58)40(21-33-23-50-38-15-9-8-14-36(33)38)54-46(60)41(27-61-25-31-10-4-2-5-11-31)55-45(59)39(53-43(57)37(47)22-34-24-49-28-51-34)20-30-16-18-35(19-17-30)62-26-32-12-6-3-7-13-32/h2-19,23-24,28-29,37,39-41,50H,20-22,25-27,47H2,1H3,(H2,48,56)(H,49,51)(H,52,58)(H,53,57)(H,54,60)(H,55,59)/t29-,37+,39+,40+,41+/m1/s1. The van der Waals surface area contributed by atoms with E-state index in [9.17, 15) is 24.0 Å². The topological polar surface area (TPSA) is 248 Å². The number of hydrogen-bond donors (Lipinski definition) is 8. The largest absolute Gasteiger partial charge is 0.489 e. The normalized spacial score (nSPS) is 13.5. The van der Waals surface area contributed by atoms with E-state index in [0.29, 0.717) is 23.6 Å². The van der Waals surface area contributed by atoms with Gasteiger partial charge >= 0.3 is 0 Å². The van der Waals surface area contributed by atoms with Crippen molar-refractivity contribution in [2.75, 3.05) is 6.61 Å². The van der Waals surface area contributed by atoms with Crippen LogP contribution in [0.3, 0.4) is 0 Å².